The van der Waals surface area contributed by atoms with E-state index in [1.54, 1.807) is 5.38 Å². The Kier molecular flexibility index (Phi) is 4.15. The van der Waals surface area contributed by atoms with Crippen molar-refractivity contribution in [3.8, 4) is 0 Å². The maximum Gasteiger partial charge on any atom is 0.326 e. The average Bonchev–Trinajstić information content (AvgIpc) is 2.72. The number of thiazole rings is 1. The van der Waals surface area contributed by atoms with Gasteiger partial charge >= 0.3 is 5.97 Å². The van der Waals surface area contributed by atoms with E-state index in [1.165, 1.54) is 11.3 Å². The minimum Gasteiger partial charge on any atom is -0.480 e. The van der Waals surface area contributed by atoms with Gasteiger partial charge < -0.3 is 20.5 Å². The second kappa shape index (κ2) is 5.64. The Balaban J connectivity index is 2.11. The first kappa shape index (κ1) is 13.3. The highest BCUT2D eigenvalue weighted by molar-refractivity contribution is 7.13. The van der Waals surface area contributed by atoms with Gasteiger partial charge in [-0.3, -0.25) is 4.79 Å². The monoisotopic (exact) mass is 271 g/mol. The van der Waals surface area contributed by atoms with Gasteiger partial charge in [-0.15, -0.1) is 11.3 Å². The molecule has 0 radical (unpaired) electrons. The molecule has 0 aliphatic carbocycles. The normalized spacial score (nSPS) is 22.6. The van der Waals surface area contributed by atoms with Crippen molar-refractivity contribution in [2.45, 2.75) is 25.5 Å². The summed E-state index contributed by atoms with van der Waals surface area (Å²) in [5.41, 5.74) is 5.96. The van der Waals surface area contributed by atoms with Crippen molar-refractivity contribution in [1.29, 1.82) is 0 Å². The quantitative estimate of drug-likeness (QED) is 0.847. The molecule has 100 valence electrons. The van der Waals surface area contributed by atoms with E-state index >= 15 is 0 Å². The average molecular weight is 271 g/mol. The summed E-state index contributed by atoms with van der Waals surface area (Å²) in [4.78, 5) is 17.2. The summed E-state index contributed by atoms with van der Waals surface area (Å²) >= 11 is 1.43. The maximum atomic E-state index is 10.8. The first-order valence-corrected chi connectivity index (χ1v) is 6.76. The van der Waals surface area contributed by atoms with Crippen LogP contribution in [-0.2, 0) is 9.53 Å². The number of anilines is 1. The summed E-state index contributed by atoms with van der Waals surface area (Å²) < 4.78 is 5.56. The Morgan fingerprint density at radius 2 is 2.56 bits per heavy atom. The molecular formula is C11H17N3O3S. The molecule has 2 rings (SSSR count). The van der Waals surface area contributed by atoms with Crippen LogP contribution in [0.2, 0.25) is 0 Å². The second-order valence-electron chi connectivity index (χ2n) is 4.35. The third-order valence-corrected chi connectivity index (χ3v) is 3.74. The van der Waals surface area contributed by atoms with Crippen molar-refractivity contribution in [3.05, 3.63) is 11.1 Å². The zero-order valence-corrected chi connectivity index (χ0v) is 11.0. The van der Waals surface area contributed by atoms with Crippen molar-refractivity contribution >= 4 is 22.4 Å². The van der Waals surface area contributed by atoms with Crippen molar-refractivity contribution in [2.24, 2.45) is 5.73 Å². The van der Waals surface area contributed by atoms with Crippen LogP contribution in [0, 0.1) is 0 Å². The molecule has 1 saturated heterocycles. The van der Waals surface area contributed by atoms with Gasteiger partial charge in [0.2, 0.25) is 0 Å². The molecule has 1 aromatic rings. The number of ether oxygens (including phenoxy) is 1. The molecule has 2 atom stereocenters. The lowest BCUT2D eigenvalue weighted by Crippen LogP contribution is -2.30. The molecule has 0 bridgehead atoms. The number of nitrogens with zero attached hydrogens (tertiary/aromatic N) is 2. The minimum absolute atomic E-state index is 0.160. The van der Waals surface area contributed by atoms with Crippen molar-refractivity contribution in [3.63, 3.8) is 0 Å². The van der Waals surface area contributed by atoms with Crippen molar-refractivity contribution in [2.75, 3.05) is 24.6 Å². The molecule has 3 N–H and O–H groups in total. The summed E-state index contributed by atoms with van der Waals surface area (Å²) in [6.45, 7) is 4.43. The van der Waals surface area contributed by atoms with Crippen LogP contribution in [0.5, 0.6) is 0 Å². The van der Waals surface area contributed by atoms with Crippen LogP contribution in [0.25, 0.3) is 0 Å². The van der Waals surface area contributed by atoms with Gasteiger partial charge in [0.25, 0.3) is 0 Å². The number of hydrogen-bond acceptors (Lipinski definition) is 6. The minimum atomic E-state index is -1.06. The van der Waals surface area contributed by atoms with Crippen LogP contribution in [-0.4, -0.2) is 41.9 Å². The van der Waals surface area contributed by atoms with Gasteiger partial charge in [-0.05, 0) is 13.3 Å². The molecule has 6 nitrogen and oxygen atoms in total. The number of nitrogens with two attached hydrogens (primary N) is 1. The van der Waals surface area contributed by atoms with Gasteiger partial charge in [0.1, 0.15) is 6.04 Å². The van der Waals surface area contributed by atoms with E-state index in [4.69, 9.17) is 15.6 Å². The van der Waals surface area contributed by atoms with Crippen LogP contribution < -0.4 is 10.6 Å². The molecule has 0 aromatic carbocycles. The Labute approximate surface area is 109 Å². The topological polar surface area (TPSA) is 88.7 Å². The molecule has 1 aliphatic rings. The first-order valence-electron chi connectivity index (χ1n) is 5.88. The highest BCUT2D eigenvalue weighted by Gasteiger charge is 2.21. The lowest BCUT2D eigenvalue weighted by atomic mass is 10.2. The van der Waals surface area contributed by atoms with Gasteiger partial charge in [-0.1, -0.05) is 0 Å². The number of carboxylic acids is 1. The molecule has 7 heteroatoms. The predicted octanol–water partition coefficient (Wildman–Crippen LogP) is 0.843. The highest BCUT2D eigenvalue weighted by atomic mass is 32.1. The van der Waals surface area contributed by atoms with E-state index < -0.39 is 12.0 Å². The van der Waals surface area contributed by atoms with E-state index in [2.05, 4.69) is 9.88 Å². The Morgan fingerprint density at radius 3 is 3.28 bits per heavy atom. The Hall–Kier alpha value is -1.18. The molecule has 1 aliphatic heterocycles. The van der Waals surface area contributed by atoms with Crippen LogP contribution in [0.4, 0.5) is 5.13 Å². The van der Waals surface area contributed by atoms with E-state index in [9.17, 15) is 4.79 Å². The van der Waals surface area contributed by atoms with Gasteiger partial charge in [0, 0.05) is 25.1 Å². The van der Waals surface area contributed by atoms with Crippen molar-refractivity contribution in [1.82, 2.24) is 4.98 Å². The van der Waals surface area contributed by atoms with Gasteiger partial charge in [0.15, 0.2) is 5.13 Å². The number of hydrogen-bond donors (Lipinski definition) is 2. The lowest BCUT2D eigenvalue weighted by molar-refractivity contribution is -0.138. The number of carbonyl (C=O) groups is 1. The summed E-state index contributed by atoms with van der Waals surface area (Å²) in [6.07, 6.45) is 1.11. The molecule has 18 heavy (non-hydrogen) atoms. The standard InChI is InChI=1S/C11H17N3O3S/c1-7-5-14(3-2-4-17-7)11-13-8(6-18-11)9(12)10(15)16/h6-7,9H,2-5,12H2,1H3,(H,15,16). The van der Waals surface area contributed by atoms with Crippen LogP contribution in [0.3, 0.4) is 0 Å². The molecule has 2 unspecified atom stereocenters. The highest BCUT2D eigenvalue weighted by Crippen LogP contribution is 2.25. The van der Waals surface area contributed by atoms with Crippen molar-refractivity contribution < 1.29 is 14.6 Å². The van der Waals surface area contributed by atoms with E-state index in [0.29, 0.717) is 5.69 Å². The smallest absolute Gasteiger partial charge is 0.326 e. The van der Waals surface area contributed by atoms with E-state index in [-0.39, 0.29) is 6.10 Å². The first-order chi connectivity index (χ1) is 8.58. The van der Waals surface area contributed by atoms with Crippen LogP contribution in [0.1, 0.15) is 25.1 Å². The third-order valence-electron chi connectivity index (χ3n) is 2.82. The number of rotatable bonds is 3. The maximum absolute atomic E-state index is 10.8. The van der Waals surface area contributed by atoms with Gasteiger partial charge in [-0.2, -0.15) is 0 Å². The fourth-order valence-corrected chi connectivity index (χ4v) is 2.76. The number of aromatic nitrogens is 1. The fourth-order valence-electron chi connectivity index (χ4n) is 1.86. The van der Waals surface area contributed by atoms with Gasteiger partial charge in [-0.25, -0.2) is 4.98 Å². The molecule has 0 amide bonds. The van der Waals surface area contributed by atoms with Crippen LogP contribution in [0.15, 0.2) is 5.38 Å². The molecular weight excluding hydrogens is 254 g/mol. The van der Waals surface area contributed by atoms with E-state index in [0.717, 1.165) is 31.2 Å². The molecule has 2 heterocycles. The molecule has 1 fully saturated rings. The summed E-state index contributed by atoms with van der Waals surface area (Å²) in [5.74, 6) is -1.06. The molecule has 1 aromatic heterocycles. The summed E-state index contributed by atoms with van der Waals surface area (Å²) in [7, 11) is 0. The Bertz CT molecular complexity index is 423. The molecule has 0 saturated carbocycles. The lowest BCUT2D eigenvalue weighted by Gasteiger charge is -2.20. The molecule has 0 spiro atoms. The fraction of sp³-hybridized carbons (Fsp3) is 0.636. The number of carboxylic acid groups (broad SMARTS) is 1. The zero-order valence-electron chi connectivity index (χ0n) is 10.2. The SMILES string of the molecule is CC1CN(c2nc(C(N)C(=O)O)cs2)CCCO1. The third kappa shape index (κ3) is 2.98. The van der Waals surface area contributed by atoms with Gasteiger partial charge in [0.05, 0.1) is 11.8 Å². The summed E-state index contributed by atoms with van der Waals surface area (Å²) in [5, 5.41) is 11.4. The second-order valence-corrected chi connectivity index (χ2v) is 5.19. The van der Waals surface area contributed by atoms with Crippen LogP contribution >= 0.6 is 11.3 Å². The summed E-state index contributed by atoms with van der Waals surface area (Å²) in [6, 6.07) is -1.05. The Morgan fingerprint density at radius 1 is 1.78 bits per heavy atom. The predicted molar refractivity (Wildman–Crippen MR) is 68.9 cm³/mol. The largest absolute Gasteiger partial charge is 0.480 e. The number of aliphatic carboxylic acids is 1. The van der Waals surface area contributed by atoms with E-state index in [1.807, 2.05) is 6.92 Å². The zero-order chi connectivity index (χ0) is 13.1.